The van der Waals surface area contributed by atoms with Gasteiger partial charge in [0, 0.05) is 31.3 Å². The van der Waals surface area contributed by atoms with Gasteiger partial charge in [0.2, 0.25) is 0 Å². The summed E-state index contributed by atoms with van der Waals surface area (Å²) in [5, 5.41) is 4.60. The van der Waals surface area contributed by atoms with Crippen LogP contribution in [-0.4, -0.2) is 54.2 Å². The molecule has 1 unspecified atom stereocenters. The lowest BCUT2D eigenvalue weighted by molar-refractivity contribution is -0.132. The number of carbonyl (C=O) groups is 1. The minimum absolute atomic E-state index is 0.0601. The van der Waals surface area contributed by atoms with E-state index in [-0.39, 0.29) is 30.1 Å². The number of benzene rings is 2. The molecule has 2 heterocycles. The summed E-state index contributed by atoms with van der Waals surface area (Å²) in [4.78, 5) is 14.5. The van der Waals surface area contributed by atoms with Crippen LogP contribution < -0.4 is 4.74 Å². The lowest BCUT2D eigenvalue weighted by atomic mass is 10.0. The Morgan fingerprint density at radius 3 is 2.53 bits per heavy atom. The van der Waals surface area contributed by atoms with Crippen molar-refractivity contribution in [3.05, 3.63) is 82.7 Å². The van der Waals surface area contributed by atoms with E-state index in [1.54, 1.807) is 11.9 Å². The maximum atomic E-state index is 12.9. The zero-order valence-electron chi connectivity index (χ0n) is 19.9. The van der Waals surface area contributed by atoms with Crippen LogP contribution in [0.5, 0.6) is 5.75 Å². The van der Waals surface area contributed by atoms with Gasteiger partial charge in [-0.1, -0.05) is 48.5 Å². The summed E-state index contributed by atoms with van der Waals surface area (Å²) in [5.41, 5.74) is 4.89. The number of sulfone groups is 1. The van der Waals surface area contributed by atoms with E-state index in [2.05, 4.69) is 17.2 Å². The van der Waals surface area contributed by atoms with Crippen molar-refractivity contribution in [3.8, 4) is 5.75 Å². The minimum atomic E-state index is -3.00. The molecule has 34 heavy (non-hydrogen) atoms. The topological polar surface area (TPSA) is 81.5 Å². The van der Waals surface area contributed by atoms with Crippen molar-refractivity contribution >= 4 is 15.7 Å². The van der Waals surface area contributed by atoms with E-state index < -0.39 is 9.84 Å². The molecule has 4 rings (SSSR count). The Kier molecular flexibility index (Phi) is 7.07. The highest BCUT2D eigenvalue weighted by Gasteiger charge is 2.31. The second kappa shape index (κ2) is 10.0. The highest BCUT2D eigenvalue weighted by Crippen LogP contribution is 2.27. The Morgan fingerprint density at radius 2 is 1.82 bits per heavy atom. The number of para-hydroxylation sites is 1. The summed E-state index contributed by atoms with van der Waals surface area (Å²) >= 11 is 0. The molecule has 1 fully saturated rings. The number of hydrogen-bond donors (Lipinski definition) is 0. The highest BCUT2D eigenvalue weighted by atomic mass is 32.2. The van der Waals surface area contributed by atoms with E-state index in [1.807, 2.05) is 61.0 Å². The van der Waals surface area contributed by atoms with Gasteiger partial charge in [0.05, 0.1) is 23.2 Å². The average molecular weight is 482 g/mol. The molecule has 8 heteroatoms. The molecule has 0 saturated carbocycles. The zero-order valence-corrected chi connectivity index (χ0v) is 20.7. The molecule has 1 amide bonds. The molecule has 0 spiro atoms. The van der Waals surface area contributed by atoms with Crippen molar-refractivity contribution in [2.24, 2.45) is 0 Å². The quantitative estimate of drug-likeness (QED) is 0.492. The van der Waals surface area contributed by atoms with E-state index >= 15 is 0 Å². The van der Waals surface area contributed by atoms with Crippen molar-refractivity contribution in [2.45, 2.75) is 39.3 Å². The molecule has 7 nitrogen and oxygen atoms in total. The normalized spacial score (nSPS) is 17.0. The molecule has 0 bridgehead atoms. The van der Waals surface area contributed by atoms with Crippen LogP contribution >= 0.6 is 0 Å². The monoisotopic (exact) mass is 481 g/mol. The number of nitrogens with zero attached hydrogens (tertiary/aromatic N) is 3. The van der Waals surface area contributed by atoms with Crippen molar-refractivity contribution in [1.29, 1.82) is 0 Å². The molecule has 180 valence electrons. The van der Waals surface area contributed by atoms with Gasteiger partial charge in [0.25, 0.3) is 5.91 Å². The number of amides is 1. The van der Waals surface area contributed by atoms with E-state index in [9.17, 15) is 13.2 Å². The number of aryl methyl sites for hydroxylation is 1. The molecule has 3 aromatic rings. The van der Waals surface area contributed by atoms with Crippen LogP contribution in [0.1, 0.15) is 40.5 Å². The minimum Gasteiger partial charge on any atom is -0.483 e. The Morgan fingerprint density at radius 1 is 1.12 bits per heavy atom. The summed E-state index contributed by atoms with van der Waals surface area (Å²) < 4.78 is 31.5. The molecule has 1 atom stereocenters. The van der Waals surface area contributed by atoms with Crippen LogP contribution in [0.4, 0.5) is 0 Å². The number of likely N-dealkylation sites (N-methyl/N-ethyl adjacent to an activating group) is 1. The lowest BCUT2D eigenvalue weighted by Crippen LogP contribution is -2.31. The molecule has 1 aliphatic rings. The maximum absolute atomic E-state index is 12.9. The van der Waals surface area contributed by atoms with Crippen LogP contribution in [0.25, 0.3) is 0 Å². The fraction of sp³-hybridized carbons (Fsp3) is 0.385. The predicted molar refractivity (Wildman–Crippen MR) is 132 cm³/mol. The molecular formula is C26H31N3O4S. The van der Waals surface area contributed by atoms with Gasteiger partial charge in [0.1, 0.15) is 5.75 Å². The number of aromatic nitrogens is 2. The van der Waals surface area contributed by atoms with Crippen LogP contribution in [-0.2, 0) is 27.6 Å². The van der Waals surface area contributed by atoms with Crippen molar-refractivity contribution in [2.75, 3.05) is 25.2 Å². The van der Waals surface area contributed by atoms with E-state index in [1.165, 1.54) is 5.56 Å². The van der Waals surface area contributed by atoms with Crippen molar-refractivity contribution in [1.82, 2.24) is 14.7 Å². The van der Waals surface area contributed by atoms with Gasteiger partial charge in [0.15, 0.2) is 16.4 Å². The standard InChI is InChI=1S/C26H31N3O4S/c1-19-24(20(2)29(27-19)23-13-14-34(31,32)18-23)16-28(3)26(30)17-33-25-12-8-7-11-22(25)15-21-9-5-4-6-10-21/h4-12,23H,13-18H2,1-3H3. The molecule has 1 aliphatic heterocycles. The van der Waals surface area contributed by atoms with Gasteiger partial charge in [-0.2, -0.15) is 5.10 Å². The Hall–Kier alpha value is -3.13. The number of hydrogen-bond acceptors (Lipinski definition) is 5. The Labute approximate surface area is 201 Å². The number of carbonyl (C=O) groups excluding carboxylic acids is 1. The third-order valence-electron chi connectivity index (χ3n) is 6.41. The SMILES string of the molecule is Cc1nn(C2CCS(=O)(=O)C2)c(C)c1CN(C)C(=O)COc1ccccc1Cc1ccccc1. The van der Waals surface area contributed by atoms with E-state index in [4.69, 9.17) is 4.74 Å². The third kappa shape index (κ3) is 5.50. The predicted octanol–water partition coefficient (Wildman–Crippen LogP) is 3.49. The molecule has 1 aromatic heterocycles. The fourth-order valence-electron chi connectivity index (χ4n) is 4.43. The molecule has 0 N–H and O–H groups in total. The number of rotatable bonds is 8. The van der Waals surface area contributed by atoms with Crippen LogP contribution in [0, 0.1) is 13.8 Å². The van der Waals surface area contributed by atoms with Crippen LogP contribution in [0.3, 0.4) is 0 Å². The first kappa shape index (κ1) is 24.0. The molecular weight excluding hydrogens is 450 g/mol. The van der Waals surface area contributed by atoms with Gasteiger partial charge in [-0.3, -0.25) is 9.48 Å². The van der Waals surface area contributed by atoms with Crippen molar-refractivity contribution in [3.63, 3.8) is 0 Å². The Balaban J connectivity index is 1.39. The average Bonchev–Trinajstić information content (AvgIpc) is 3.32. The first-order valence-corrected chi connectivity index (χ1v) is 13.3. The number of ether oxygens (including phenoxy) is 1. The summed E-state index contributed by atoms with van der Waals surface area (Å²) in [7, 11) is -1.25. The van der Waals surface area contributed by atoms with E-state index in [0.717, 1.165) is 28.9 Å². The summed E-state index contributed by atoms with van der Waals surface area (Å²) in [6, 6.07) is 17.8. The van der Waals surface area contributed by atoms with Gasteiger partial charge in [-0.05, 0) is 37.5 Å². The molecule has 2 aromatic carbocycles. The third-order valence-corrected chi connectivity index (χ3v) is 8.16. The van der Waals surface area contributed by atoms with Crippen molar-refractivity contribution < 1.29 is 17.9 Å². The molecule has 1 saturated heterocycles. The van der Waals surface area contributed by atoms with E-state index in [0.29, 0.717) is 18.7 Å². The van der Waals surface area contributed by atoms with Crippen LogP contribution in [0.15, 0.2) is 54.6 Å². The van der Waals surface area contributed by atoms with Gasteiger partial charge >= 0.3 is 0 Å². The van der Waals surface area contributed by atoms with Crippen LogP contribution in [0.2, 0.25) is 0 Å². The molecule has 0 radical (unpaired) electrons. The van der Waals surface area contributed by atoms with Gasteiger partial charge in [-0.15, -0.1) is 0 Å². The summed E-state index contributed by atoms with van der Waals surface area (Å²) in [5.74, 6) is 0.895. The summed E-state index contributed by atoms with van der Waals surface area (Å²) in [6.45, 7) is 4.17. The second-order valence-corrected chi connectivity index (χ2v) is 11.2. The summed E-state index contributed by atoms with van der Waals surface area (Å²) in [6.07, 6.45) is 1.31. The first-order chi connectivity index (χ1) is 16.2. The maximum Gasteiger partial charge on any atom is 0.260 e. The highest BCUT2D eigenvalue weighted by molar-refractivity contribution is 7.91. The largest absolute Gasteiger partial charge is 0.483 e. The van der Waals surface area contributed by atoms with Gasteiger partial charge < -0.3 is 9.64 Å². The second-order valence-electron chi connectivity index (χ2n) is 8.96. The Bertz CT molecular complexity index is 1270. The van der Waals surface area contributed by atoms with Gasteiger partial charge in [-0.25, -0.2) is 8.42 Å². The first-order valence-electron chi connectivity index (χ1n) is 11.5. The fourth-order valence-corrected chi connectivity index (χ4v) is 6.12. The lowest BCUT2D eigenvalue weighted by Gasteiger charge is -2.19. The zero-order chi connectivity index (χ0) is 24.3. The molecule has 0 aliphatic carbocycles. The smallest absolute Gasteiger partial charge is 0.260 e.